The van der Waals surface area contributed by atoms with Crippen LogP contribution in [0.3, 0.4) is 0 Å². The highest BCUT2D eigenvalue weighted by atomic mass is 35.5. The Balaban J connectivity index is 3.03. The summed E-state index contributed by atoms with van der Waals surface area (Å²) in [5, 5.41) is 11.9. The van der Waals surface area contributed by atoms with E-state index in [9.17, 15) is 14.7 Å². The molecule has 1 aromatic carbocycles. The maximum absolute atomic E-state index is 12.2. The fourth-order valence-electron chi connectivity index (χ4n) is 1.56. The molecule has 0 heterocycles. The first-order valence-corrected chi connectivity index (χ1v) is 7.32. The molecule has 1 atom stereocenters. The number of benzene rings is 1. The molecule has 110 valence electrons. The number of rotatable bonds is 6. The van der Waals surface area contributed by atoms with Crippen molar-refractivity contribution in [1.82, 2.24) is 5.32 Å². The second kappa shape index (κ2) is 6.97. The fraction of sp³-hybridized carbons (Fsp3) is 0.385. The van der Waals surface area contributed by atoms with Crippen LogP contribution in [-0.2, 0) is 9.53 Å². The summed E-state index contributed by atoms with van der Waals surface area (Å²) >= 11 is 7.45. The van der Waals surface area contributed by atoms with Gasteiger partial charge in [0.1, 0.15) is 0 Å². The molecule has 0 aromatic heterocycles. The third kappa shape index (κ3) is 3.88. The van der Waals surface area contributed by atoms with E-state index in [0.717, 1.165) is 4.90 Å². The van der Waals surface area contributed by atoms with Crippen molar-refractivity contribution in [3.63, 3.8) is 0 Å². The van der Waals surface area contributed by atoms with E-state index in [4.69, 9.17) is 16.3 Å². The number of amides is 1. The van der Waals surface area contributed by atoms with Crippen LogP contribution in [0.1, 0.15) is 17.3 Å². The first-order chi connectivity index (χ1) is 9.34. The number of nitrogens with one attached hydrogen (secondary N) is 1. The highest BCUT2D eigenvalue weighted by Crippen LogP contribution is 2.23. The molecule has 0 saturated carbocycles. The molecule has 0 aliphatic rings. The van der Waals surface area contributed by atoms with Crippen molar-refractivity contribution in [2.24, 2.45) is 0 Å². The average molecular weight is 318 g/mol. The molecule has 0 fully saturated rings. The number of carboxylic acids is 1. The van der Waals surface area contributed by atoms with Crippen molar-refractivity contribution in [2.75, 3.05) is 20.0 Å². The first kappa shape index (κ1) is 16.8. The monoisotopic (exact) mass is 317 g/mol. The molecule has 1 aromatic rings. The molecule has 5 nitrogen and oxygen atoms in total. The molecule has 7 heteroatoms. The maximum atomic E-state index is 12.2. The van der Waals surface area contributed by atoms with Crippen molar-refractivity contribution in [3.8, 4) is 0 Å². The van der Waals surface area contributed by atoms with E-state index in [1.165, 1.54) is 25.8 Å². The Morgan fingerprint density at radius 2 is 2.15 bits per heavy atom. The van der Waals surface area contributed by atoms with Gasteiger partial charge in [-0.2, -0.15) is 0 Å². The number of hydrogen-bond donors (Lipinski definition) is 2. The van der Waals surface area contributed by atoms with Gasteiger partial charge < -0.3 is 15.2 Å². The summed E-state index contributed by atoms with van der Waals surface area (Å²) in [5.74, 6) is -1.72. The van der Waals surface area contributed by atoms with Crippen LogP contribution in [0.5, 0.6) is 0 Å². The number of carbonyl (C=O) groups is 2. The van der Waals surface area contributed by atoms with Gasteiger partial charge in [0.15, 0.2) is 5.54 Å². The van der Waals surface area contributed by atoms with E-state index in [1.807, 2.05) is 6.26 Å². The van der Waals surface area contributed by atoms with E-state index < -0.39 is 17.4 Å². The SMILES string of the molecule is COCC(C)(NC(=O)c1cc(SC)ccc1Cl)C(=O)O. The maximum Gasteiger partial charge on any atom is 0.331 e. The summed E-state index contributed by atoms with van der Waals surface area (Å²) < 4.78 is 4.85. The summed E-state index contributed by atoms with van der Waals surface area (Å²) in [4.78, 5) is 24.3. The smallest absolute Gasteiger partial charge is 0.331 e. The summed E-state index contributed by atoms with van der Waals surface area (Å²) in [5.41, 5.74) is -1.27. The predicted molar refractivity (Wildman–Crippen MR) is 78.6 cm³/mol. The highest BCUT2D eigenvalue weighted by molar-refractivity contribution is 7.98. The van der Waals surface area contributed by atoms with E-state index in [2.05, 4.69) is 5.32 Å². The fourth-order valence-corrected chi connectivity index (χ4v) is 2.21. The molecule has 20 heavy (non-hydrogen) atoms. The average Bonchev–Trinajstić information content (AvgIpc) is 2.39. The summed E-state index contributed by atoms with van der Waals surface area (Å²) in [6.45, 7) is 1.23. The zero-order valence-corrected chi connectivity index (χ0v) is 13.0. The Morgan fingerprint density at radius 1 is 1.50 bits per heavy atom. The standard InChI is InChI=1S/C13H16ClNO4S/c1-13(7-19-2,12(17)18)15-11(16)9-6-8(20-3)4-5-10(9)14/h4-6H,7H2,1-3H3,(H,15,16)(H,17,18). The van der Waals surface area contributed by atoms with Gasteiger partial charge >= 0.3 is 5.97 Å². The van der Waals surface area contributed by atoms with Gasteiger partial charge in [0.2, 0.25) is 0 Å². The number of hydrogen-bond acceptors (Lipinski definition) is 4. The van der Waals surface area contributed by atoms with Crippen LogP contribution in [0.4, 0.5) is 0 Å². The number of carboxylic acid groups (broad SMARTS) is 1. The van der Waals surface area contributed by atoms with Gasteiger partial charge in [0, 0.05) is 12.0 Å². The van der Waals surface area contributed by atoms with Gasteiger partial charge in [-0.25, -0.2) is 4.79 Å². The molecule has 0 radical (unpaired) electrons. The summed E-state index contributed by atoms with van der Waals surface area (Å²) in [6.07, 6.45) is 1.87. The van der Waals surface area contributed by atoms with Gasteiger partial charge in [-0.3, -0.25) is 4.79 Å². The van der Waals surface area contributed by atoms with Crippen LogP contribution < -0.4 is 5.32 Å². The second-order valence-electron chi connectivity index (χ2n) is 4.37. The van der Waals surface area contributed by atoms with Gasteiger partial charge in [0.05, 0.1) is 17.2 Å². The molecule has 0 aliphatic carbocycles. The van der Waals surface area contributed by atoms with Crippen LogP contribution in [-0.4, -0.2) is 42.5 Å². The third-order valence-electron chi connectivity index (χ3n) is 2.71. The molecule has 1 rings (SSSR count). The van der Waals surface area contributed by atoms with E-state index in [1.54, 1.807) is 18.2 Å². The Labute approximate surface area is 126 Å². The van der Waals surface area contributed by atoms with Gasteiger partial charge in [0.25, 0.3) is 5.91 Å². The molecule has 0 bridgehead atoms. The highest BCUT2D eigenvalue weighted by Gasteiger charge is 2.35. The Kier molecular flexibility index (Phi) is 5.86. The van der Waals surface area contributed by atoms with Gasteiger partial charge in [-0.15, -0.1) is 11.8 Å². The first-order valence-electron chi connectivity index (χ1n) is 5.72. The van der Waals surface area contributed by atoms with Crippen LogP contribution in [0.25, 0.3) is 0 Å². The molecular weight excluding hydrogens is 302 g/mol. The van der Waals surface area contributed by atoms with E-state index in [0.29, 0.717) is 0 Å². The van der Waals surface area contributed by atoms with E-state index >= 15 is 0 Å². The Bertz CT molecular complexity index is 523. The molecule has 0 aliphatic heterocycles. The van der Waals surface area contributed by atoms with Crippen LogP contribution in [0.2, 0.25) is 5.02 Å². The van der Waals surface area contributed by atoms with Crippen molar-refractivity contribution in [3.05, 3.63) is 28.8 Å². The van der Waals surface area contributed by atoms with Crippen molar-refractivity contribution < 1.29 is 19.4 Å². The normalized spacial score (nSPS) is 13.6. The molecule has 0 saturated heterocycles. The Hall–Kier alpha value is -1.24. The second-order valence-corrected chi connectivity index (χ2v) is 5.66. The lowest BCUT2D eigenvalue weighted by Crippen LogP contribution is -2.55. The largest absolute Gasteiger partial charge is 0.479 e. The van der Waals surface area contributed by atoms with Crippen LogP contribution in [0, 0.1) is 0 Å². The number of aliphatic carboxylic acids is 1. The van der Waals surface area contributed by atoms with Crippen molar-refractivity contribution in [2.45, 2.75) is 17.4 Å². The number of carbonyl (C=O) groups excluding carboxylic acids is 1. The number of halogens is 1. The molecule has 2 N–H and O–H groups in total. The molecular formula is C13H16ClNO4S. The minimum absolute atomic E-state index is 0.145. The van der Waals surface area contributed by atoms with Gasteiger partial charge in [-0.05, 0) is 31.4 Å². The number of thioether (sulfide) groups is 1. The lowest BCUT2D eigenvalue weighted by molar-refractivity contribution is -0.145. The lowest BCUT2D eigenvalue weighted by atomic mass is 10.0. The number of ether oxygens (including phenoxy) is 1. The predicted octanol–water partition coefficient (Wildman–Crippen LogP) is 2.28. The van der Waals surface area contributed by atoms with Crippen LogP contribution in [0.15, 0.2) is 23.1 Å². The van der Waals surface area contributed by atoms with Crippen molar-refractivity contribution >= 4 is 35.2 Å². The minimum atomic E-state index is -1.51. The summed E-state index contributed by atoms with van der Waals surface area (Å²) in [6, 6.07) is 5.02. The number of methoxy groups -OCH3 is 1. The third-order valence-corrected chi connectivity index (χ3v) is 3.77. The van der Waals surface area contributed by atoms with Crippen molar-refractivity contribution in [1.29, 1.82) is 0 Å². The van der Waals surface area contributed by atoms with E-state index in [-0.39, 0.29) is 17.2 Å². The Morgan fingerprint density at radius 3 is 2.65 bits per heavy atom. The summed E-state index contributed by atoms with van der Waals surface area (Å²) in [7, 11) is 1.37. The molecule has 0 spiro atoms. The van der Waals surface area contributed by atoms with Gasteiger partial charge in [-0.1, -0.05) is 11.6 Å². The molecule has 1 unspecified atom stereocenters. The minimum Gasteiger partial charge on any atom is -0.479 e. The molecule has 1 amide bonds. The zero-order valence-electron chi connectivity index (χ0n) is 11.4. The topological polar surface area (TPSA) is 75.6 Å². The van der Waals surface area contributed by atoms with Crippen LogP contribution >= 0.6 is 23.4 Å². The quantitative estimate of drug-likeness (QED) is 0.787. The zero-order chi connectivity index (χ0) is 15.3. The lowest BCUT2D eigenvalue weighted by Gasteiger charge is -2.25.